The van der Waals surface area contributed by atoms with E-state index in [-0.39, 0.29) is 5.75 Å². The zero-order valence-corrected chi connectivity index (χ0v) is 10.3. The second-order valence-corrected chi connectivity index (χ2v) is 5.49. The Bertz CT molecular complexity index is 403. The molecule has 0 fully saturated rings. The highest BCUT2D eigenvalue weighted by molar-refractivity contribution is 7.88. The molecule has 0 amide bonds. The van der Waals surface area contributed by atoms with Crippen molar-refractivity contribution in [3.8, 4) is 0 Å². The zero-order valence-electron chi connectivity index (χ0n) is 9.46. The van der Waals surface area contributed by atoms with Crippen molar-refractivity contribution >= 4 is 10.0 Å². The molecule has 0 atom stereocenters. The molecule has 0 spiro atoms. The highest BCUT2D eigenvalue weighted by Gasteiger charge is 2.19. The summed E-state index contributed by atoms with van der Waals surface area (Å²) in [6, 6.07) is 9.17. The number of benzene rings is 1. The van der Waals surface area contributed by atoms with Gasteiger partial charge in [0.1, 0.15) is 0 Å². The molecule has 0 aliphatic rings. The van der Waals surface area contributed by atoms with Crippen LogP contribution in [0.5, 0.6) is 0 Å². The first-order valence-corrected chi connectivity index (χ1v) is 6.93. The standard InChI is InChI=1S/C11H18N2O2S/c1-2-13(9-8-12)16(14,15)10-11-6-4-3-5-7-11/h3-7H,2,8-10,12H2,1H3. The Morgan fingerprint density at radius 3 is 2.38 bits per heavy atom. The van der Waals surface area contributed by atoms with Crippen LogP contribution in [-0.4, -0.2) is 32.4 Å². The molecule has 0 saturated carbocycles. The largest absolute Gasteiger partial charge is 0.329 e. The minimum atomic E-state index is -3.23. The molecule has 0 heterocycles. The summed E-state index contributed by atoms with van der Waals surface area (Å²) in [5.74, 6) is 0.0433. The molecule has 0 aliphatic carbocycles. The number of sulfonamides is 1. The van der Waals surface area contributed by atoms with Crippen LogP contribution in [0.2, 0.25) is 0 Å². The molecule has 0 saturated heterocycles. The minimum absolute atomic E-state index is 0.0433. The van der Waals surface area contributed by atoms with Crippen LogP contribution in [-0.2, 0) is 15.8 Å². The van der Waals surface area contributed by atoms with Gasteiger partial charge in [-0.25, -0.2) is 12.7 Å². The maximum Gasteiger partial charge on any atom is 0.218 e. The van der Waals surface area contributed by atoms with Gasteiger partial charge in [-0.2, -0.15) is 0 Å². The van der Waals surface area contributed by atoms with Gasteiger partial charge in [0.25, 0.3) is 0 Å². The normalized spacial score (nSPS) is 11.9. The predicted octanol–water partition coefficient (Wildman–Crippen LogP) is 0.797. The lowest BCUT2D eigenvalue weighted by atomic mass is 10.2. The fourth-order valence-electron chi connectivity index (χ4n) is 1.51. The van der Waals surface area contributed by atoms with E-state index in [4.69, 9.17) is 5.73 Å². The van der Waals surface area contributed by atoms with Crippen LogP contribution in [0.1, 0.15) is 12.5 Å². The predicted molar refractivity (Wildman–Crippen MR) is 65.4 cm³/mol. The summed E-state index contributed by atoms with van der Waals surface area (Å²) in [4.78, 5) is 0. The Morgan fingerprint density at radius 2 is 1.88 bits per heavy atom. The van der Waals surface area contributed by atoms with Gasteiger partial charge in [0.15, 0.2) is 0 Å². The smallest absolute Gasteiger partial charge is 0.218 e. The van der Waals surface area contributed by atoms with Crippen molar-refractivity contribution in [1.29, 1.82) is 0 Å². The topological polar surface area (TPSA) is 63.4 Å². The molecule has 1 rings (SSSR count). The average molecular weight is 242 g/mol. The van der Waals surface area contributed by atoms with E-state index < -0.39 is 10.0 Å². The van der Waals surface area contributed by atoms with E-state index in [1.165, 1.54) is 4.31 Å². The maximum atomic E-state index is 12.0. The first-order valence-electron chi connectivity index (χ1n) is 5.32. The van der Waals surface area contributed by atoms with E-state index in [1.807, 2.05) is 37.3 Å². The molecule has 1 aromatic carbocycles. The highest BCUT2D eigenvalue weighted by atomic mass is 32.2. The van der Waals surface area contributed by atoms with E-state index in [9.17, 15) is 8.42 Å². The monoisotopic (exact) mass is 242 g/mol. The first-order chi connectivity index (χ1) is 7.60. The first kappa shape index (κ1) is 13.2. The second-order valence-electron chi connectivity index (χ2n) is 3.52. The van der Waals surface area contributed by atoms with E-state index in [1.54, 1.807) is 0 Å². The van der Waals surface area contributed by atoms with Gasteiger partial charge in [-0.1, -0.05) is 37.3 Å². The van der Waals surface area contributed by atoms with Crippen LogP contribution in [0.3, 0.4) is 0 Å². The lowest BCUT2D eigenvalue weighted by Crippen LogP contribution is -2.35. The molecule has 4 nitrogen and oxygen atoms in total. The van der Waals surface area contributed by atoms with E-state index in [0.717, 1.165) is 5.56 Å². The van der Waals surface area contributed by atoms with Gasteiger partial charge in [-0.15, -0.1) is 0 Å². The van der Waals surface area contributed by atoms with E-state index in [2.05, 4.69) is 0 Å². The third-order valence-corrected chi connectivity index (χ3v) is 4.24. The Labute approximate surface area is 97.1 Å². The Morgan fingerprint density at radius 1 is 1.25 bits per heavy atom. The molecule has 5 heteroatoms. The van der Waals surface area contributed by atoms with Crippen LogP contribution in [0.4, 0.5) is 0 Å². The summed E-state index contributed by atoms with van der Waals surface area (Å²) in [6.07, 6.45) is 0. The van der Waals surface area contributed by atoms with Gasteiger partial charge in [0.05, 0.1) is 5.75 Å². The zero-order chi connectivity index (χ0) is 12.0. The second kappa shape index (κ2) is 5.98. The van der Waals surface area contributed by atoms with Crippen molar-refractivity contribution in [2.45, 2.75) is 12.7 Å². The van der Waals surface area contributed by atoms with Crippen molar-refractivity contribution in [1.82, 2.24) is 4.31 Å². The summed E-state index contributed by atoms with van der Waals surface area (Å²) in [6.45, 7) is 3.01. The van der Waals surface area contributed by atoms with Crippen LogP contribution in [0, 0.1) is 0 Å². The molecule has 16 heavy (non-hydrogen) atoms. The summed E-state index contributed by atoms with van der Waals surface area (Å²) in [7, 11) is -3.23. The molecule has 0 bridgehead atoms. The summed E-state index contributed by atoms with van der Waals surface area (Å²) in [5, 5.41) is 0. The fraction of sp³-hybridized carbons (Fsp3) is 0.455. The average Bonchev–Trinajstić information content (AvgIpc) is 2.26. The number of nitrogens with two attached hydrogens (primary N) is 1. The number of nitrogens with zero attached hydrogens (tertiary/aromatic N) is 1. The van der Waals surface area contributed by atoms with Gasteiger partial charge in [-0.3, -0.25) is 0 Å². The molecule has 1 aromatic rings. The third kappa shape index (κ3) is 3.59. The summed E-state index contributed by atoms with van der Waals surface area (Å²) < 4.78 is 25.4. The summed E-state index contributed by atoms with van der Waals surface area (Å²) in [5.41, 5.74) is 6.19. The number of likely N-dealkylation sites (N-methyl/N-ethyl adjacent to an activating group) is 1. The Balaban J connectivity index is 2.78. The minimum Gasteiger partial charge on any atom is -0.329 e. The molecule has 0 aromatic heterocycles. The molecule has 90 valence electrons. The number of hydrogen-bond donors (Lipinski definition) is 1. The molecule has 0 radical (unpaired) electrons. The van der Waals surface area contributed by atoms with Crippen molar-refractivity contribution < 1.29 is 8.42 Å². The van der Waals surface area contributed by atoms with Gasteiger partial charge in [0.2, 0.25) is 10.0 Å². The SMILES string of the molecule is CCN(CCN)S(=O)(=O)Cc1ccccc1. The van der Waals surface area contributed by atoms with Crippen molar-refractivity contribution in [2.24, 2.45) is 5.73 Å². The van der Waals surface area contributed by atoms with Crippen LogP contribution in [0.25, 0.3) is 0 Å². The molecule has 0 unspecified atom stereocenters. The van der Waals surface area contributed by atoms with Crippen LogP contribution >= 0.6 is 0 Å². The Kier molecular flexibility index (Phi) is 4.92. The van der Waals surface area contributed by atoms with Crippen LogP contribution in [0.15, 0.2) is 30.3 Å². The van der Waals surface area contributed by atoms with Gasteiger partial charge >= 0.3 is 0 Å². The number of rotatable bonds is 6. The third-order valence-electron chi connectivity index (χ3n) is 2.32. The lowest BCUT2D eigenvalue weighted by molar-refractivity contribution is 0.434. The molecule has 2 N–H and O–H groups in total. The van der Waals surface area contributed by atoms with Crippen molar-refractivity contribution in [2.75, 3.05) is 19.6 Å². The van der Waals surface area contributed by atoms with Crippen molar-refractivity contribution in [3.05, 3.63) is 35.9 Å². The highest BCUT2D eigenvalue weighted by Crippen LogP contribution is 2.09. The maximum absolute atomic E-state index is 12.0. The molecular formula is C11H18N2O2S. The molecule has 0 aliphatic heterocycles. The Hall–Kier alpha value is -0.910. The summed E-state index contributed by atoms with van der Waals surface area (Å²) >= 11 is 0. The van der Waals surface area contributed by atoms with E-state index in [0.29, 0.717) is 19.6 Å². The number of hydrogen-bond acceptors (Lipinski definition) is 3. The van der Waals surface area contributed by atoms with Gasteiger partial charge < -0.3 is 5.73 Å². The van der Waals surface area contributed by atoms with E-state index >= 15 is 0 Å². The van der Waals surface area contributed by atoms with Gasteiger partial charge in [-0.05, 0) is 5.56 Å². The van der Waals surface area contributed by atoms with Crippen LogP contribution < -0.4 is 5.73 Å². The lowest BCUT2D eigenvalue weighted by Gasteiger charge is -2.19. The van der Waals surface area contributed by atoms with Crippen molar-refractivity contribution in [3.63, 3.8) is 0 Å². The molecular weight excluding hydrogens is 224 g/mol. The van der Waals surface area contributed by atoms with Gasteiger partial charge in [0, 0.05) is 19.6 Å². The fourth-order valence-corrected chi connectivity index (χ4v) is 3.09. The quantitative estimate of drug-likeness (QED) is 0.802.